The first-order valence-corrected chi connectivity index (χ1v) is 4.23. The van der Waals surface area contributed by atoms with E-state index in [1.165, 1.54) is 0 Å². The highest BCUT2D eigenvalue weighted by atomic mass is 16.3. The lowest BCUT2D eigenvalue weighted by molar-refractivity contribution is 0.518. The Hall–Kier alpha value is -0.980. The number of furan rings is 1. The van der Waals surface area contributed by atoms with Crippen LogP contribution in [-0.4, -0.2) is 0 Å². The van der Waals surface area contributed by atoms with E-state index in [1.54, 1.807) is 0 Å². The number of rotatable bonds is 1. The number of hydrogen-bond acceptors (Lipinski definition) is 1. The highest BCUT2D eigenvalue weighted by Gasteiger charge is 2.03. The van der Waals surface area contributed by atoms with Crippen LogP contribution in [0.2, 0.25) is 0 Å². The Balaban J connectivity index is 2.70. The molecule has 1 heterocycles. The Kier molecular flexibility index (Phi) is 2.41. The molecule has 12 heavy (non-hydrogen) atoms. The molecule has 0 atom stereocenters. The molecule has 0 fully saturated rings. The van der Waals surface area contributed by atoms with Gasteiger partial charge in [-0.3, -0.25) is 0 Å². The van der Waals surface area contributed by atoms with Crippen LogP contribution in [0.5, 0.6) is 0 Å². The molecule has 1 rings (SSSR count). The van der Waals surface area contributed by atoms with E-state index in [4.69, 9.17) is 4.42 Å². The maximum Gasteiger partial charge on any atom is 0.126 e. The minimum Gasteiger partial charge on any atom is -0.462 e. The standard InChI is InChI=1S/C11H16O/c1-9-5-6-10(12-9)7-8-11(2,3)4/h5-8H,1-4H3/b8-7+. The zero-order valence-electron chi connectivity index (χ0n) is 8.22. The second-order valence-electron chi connectivity index (χ2n) is 4.15. The molecule has 0 radical (unpaired) electrons. The zero-order chi connectivity index (χ0) is 9.19. The molecule has 0 N–H and O–H groups in total. The summed E-state index contributed by atoms with van der Waals surface area (Å²) in [6.45, 7) is 8.45. The van der Waals surface area contributed by atoms with Crippen molar-refractivity contribution in [2.24, 2.45) is 5.41 Å². The quantitative estimate of drug-likeness (QED) is 0.617. The van der Waals surface area contributed by atoms with Gasteiger partial charge in [0.25, 0.3) is 0 Å². The SMILES string of the molecule is Cc1ccc(/C=C/C(C)(C)C)o1. The molecular weight excluding hydrogens is 148 g/mol. The lowest BCUT2D eigenvalue weighted by Gasteiger charge is -2.10. The molecule has 0 aromatic carbocycles. The minimum atomic E-state index is 0.223. The topological polar surface area (TPSA) is 13.1 Å². The van der Waals surface area contributed by atoms with E-state index >= 15 is 0 Å². The first-order chi connectivity index (χ1) is 5.47. The molecule has 1 heteroatoms. The van der Waals surface area contributed by atoms with Crippen molar-refractivity contribution < 1.29 is 4.42 Å². The lowest BCUT2D eigenvalue weighted by Crippen LogP contribution is -1.97. The second kappa shape index (κ2) is 3.18. The van der Waals surface area contributed by atoms with Crippen molar-refractivity contribution in [1.29, 1.82) is 0 Å². The predicted molar refractivity (Wildman–Crippen MR) is 51.9 cm³/mol. The summed E-state index contributed by atoms with van der Waals surface area (Å²) in [6, 6.07) is 3.96. The highest BCUT2D eigenvalue weighted by molar-refractivity contribution is 5.43. The van der Waals surface area contributed by atoms with Crippen molar-refractivity contribution in [2.45, 2.75) is 27.7 Å². The first kappa shape index (κ1) is 9.11. The van der Waals surface area contributed by atoms with Crippen LogP contribution in [0.3, 0.4) is 0 Å². The third kappa shape index (κ3) is 2.95. The Morgan fingerprint density at radius 3 is 2.33 bits per heavy atom. The van der Waals surface area contributed by atoms with E-state index in [0.29, 0.717) is 0 Å². The Bertz CT molecular complexity index is 273. The third-order valence-corrected chi connectivity index (χ3v) is 1.51. The van der Waals surface area contributed by atoms with Crippen LogP contribution in [0.15, 0.2) is 22.6 Å². The van der Waals surface area contributed by atoms with E-state index in [9.17, 15) is 0 Å². The van der Waals surface area contributed by atoms with Gasteiger partial charge < -0.3 is 4.42 Å². The largest absolute Gasteiger partial charge is 0.462 e. The van der Waals surface area contributed by atoms with Crippen LogP contribution in [0, 0.1) is 12.3 Å². The Morgan fingerprint density at radius 2 is 1.92 bits per heavy atom. The van der Waals surface area contributed by atoms with Crippen molar-refractivity contribution >= 4 is 6.08 Å². The van der Waals surface area contributed by atoms with Gasteiger partial charge in [-0.2, -0.15) is 0 Å². The van der Waals surface area contributed by atoms with Crippen LogP contribution in [0.25, 0.3) is 6.08 Å². The fourth-order valence-corrected chi connectivity index (χ4v) is 0.875. The number of allylic oxidation sites excluding steroid dienone is 1. The molecule has 0 aliphatic carbocycles. The van der Waals surface area contributed by atoms with Gasteiger partial charge in [0.2, 0.25) is 0 Å². The molecule has 0 unspecified atom stereocenters. The van der Waals surface area contributed by atoms with E-state index in [-0.39, 0.29) is 5.41 Å². The maximum absolute atomic E-state index is 5.39. The summed E-state index contributed by atoms with van der Waals surface area (Å²) in [7, 11) is 0. The summed E-state index contributed by atoms with van der Waals surface area (Å²) in [6.07, 6.45) is 4.16. The summed E-state index contributed by atoms with van der Waals surface area (Å²) in [5, 5.41) is 0. The normalized spacial score (nSPS) is 12.7. The predicted octanol–water partition coefficient (Wildman–Crippen LogP) is 3.65. The summed E-state index contributed by atoms with van der Waals surface area (Å²) in [5.74, 6) is 1.89. The van der Waals surface area contributed by atoms with Gasteiger partial charge in [-0.05, 0) is 30.5 Å². The van der Waals surface area contributed by atoms with Gasteiger partial charge in [0.1, 0.15) is 11.5 Å². The molecule has 0 aliphatic heterocycles. The first-order valence-electron chi connectivity index (χ1n) is 4.23. The van der Waals surface area contributed by atoms with E-state index in [0.717, 1.165) is 11.5 Å². The van der Waals surface area contributed by atoms with E-state index < -0.39 is 0 Å². The molecule has 0 aliphatic rings. The average Bonchev–Trinajstić information content (AvgIpc) is 2.30. The van der Waals surface area contributed by atoms with Crippen molar-refractivity contribution in [1.82, 2.24) is 0 Å². The van der Waals surface area contributed by atoms with Gasteiger partial charge in [0.15, 0.2) is 0 Å². The van der Waals surface area contributed by atoms with Gasteiger partial charge in [-0.25, -0.2) is 0 Å². The van der Waals surface area contributed by atoms with E-state index in [2.05, 4.69) is 26.8 Å². The lowest BCUT2D eigenvalue weighted by atomic mass is 9.96. The summed E-state index contributed by atoms with van der Waals surface area (Å²) in [4.78, 5) is 0. The van der Waals surface area contributed by atoms with Crippen molar-refractivity contribution in [3.63, 3.8) is 0 Å². The van der Waals surface area contributed by atoms with Crippen molar-refractivity contribution in [2.75, 3.05) is 0 Å². The average molecular weight is 164 g/mol. The van der Waals surface area contributed by atoms with Gasteiger partial charge in [-0.1, -0.05) is 26.8 Å². The number of aryl methyl sites for hydroxylation is 1. The molecule has 66 valence electrons. The third-order valence-electron chi connectivity index (χ3n) is 1.51. The zero-order valence-corrected chi connectivity index (χ0v) is 8.22. The number of hydrogen-bond donors (Lipinski definition) is 0. The smallest absolute Gasteiger partial charge is 0.126 e. The molecule has 1 aromatic heterocycles. The summed E-state index contributed by atoms with van der Waals surface area (Å²) >= 11 is 0. The van der Waals surface area contributed by atoms with Crippen LogP contribution < -0.4 is 0 Å². The Morgan fingerprint density at radius 1 is 1.25 bits per heavy atom. The van der Waals surface area contributed by atoms with Gasteiger partial charge in [0, 0.05) is 0 Å². The highest BCUT2D eigenvalue weighted by Crippen LogP contribution is 2.17. The molecule has 0 bridgehead atoms. The van der Waals surface area contributed by atoms with Crippen LogP contribution >= 0.6 is 0 Å². The van der Waals surface area contributed by atoms with Crippen LogP contribution in [0.1, 0.15) is 32.3 Å². The van der Waals surface area contributed by atoms with Crippen molar-refractivity contribution in [3.8, 4) is 0 Å². The van der Waals surface area contributed by atoms with Gasteiger partial charge in [0.05, 0.1) is 0 Å². The fraction of sp³-hybridized carbons (Fsp3) is 0.455. The van der Waals surface area contributed by atoms with Crippen LogP contribution in [0.4, 0.5) is 0 Å². The monoisotopic (exact) mass is 164 g/mol. The molecule has 0 saturated heterocycles. The van der Waals surface area contributed by atoms with Gasteiger partial charge >= 0.3 is 0 Å². The molecular formula is C11H16O. The minimum absolute atomic E-state index is 0.223. The maximum atomic E-state index is 5.39. The molecule has 0 amide bonds. The van der Waals surface area contributed by atoms with Crippen molar-refractivity contribution in [3.05, 3.63) is 29.7 Å². The fourth-order valence-electron chi connectivity index (χ4n) is 0.875. The van der Waals surface area contributed by atoms with E-state index in [1.807, 2.05) is 25.1 Å². The molecule has 0 saturated carbocycles. The Labute approximate surface area is 74.1 Å². The molecule has 1 nitrogen and oxygen atoms in total. The summed E-state index contributed by atoms with van der Waals surface area (Å²) < 4.78 is 5.39. The second-order valence-corrected chi connectivity index (χ2v) is 4.15. The molecule has 0 spiro atoms. The summed E-state index contributed by atoms with van der Waals surface area (Å²) in [5.41, 5.74) is 0.223. The van der Waals surface area contributed by atoms with Crippen LogP contribution in [-0.2, 0) is 0 Å². The molecule has 1 aromatic rings. The van der Waals surface area contributed by atoms with Gasteiger partial charge in [-0.15, -0.1) is 0 Å².